The first-order valence-electron chi connectivity index (χ1n) is 4.57. The molecular weight excluding hydrogens is 216 g/mol. The fourth-order valence-electron chi connectivity index (χ4n) is 1.64. The van der Waals surface area contributed by atoms with Crippen molar-refractivity contribution in [1.29, 1.82) is 0 Å². The van der Waals surface area contributed by atoms with E-state index >= 15 is 0 Å². The van der Waals surface area contributed by atoms with E-state index in [0.29, 0.717) is 18.1 Å². The molecule has 15 heavy (non-hydrogen) atoms. The Kier molecular flexibility index (Phi) is 2.79. The minimum atomic E-state index is -0.821. The van der Waals surface area contributed by atoms with Gasteiger partial charge in [-0.05, 0) is 0 Å². The van der Waals surface area contributed by atoms with Gasteiger partial charge in [-0.25, -0.2) is 4.98 Å². The topological polar surface area (TPSA) is 70.5 Å². The fraction of sp³-hybridized carbons (Fsp3) is 0.444. The van der Waals surface area contributed by atoms with Gasteiger partial charge in [0.2, 0.25) is 0 Å². The Morgan fingerprint density at radius 3 is 3.13 bits per heavy atom. The lowest BCUT2D eigenvalue weighted by Gasteiger charge is -2.23. The maximum Gasteiger partial charge on any atom is 0.317 e. The summed E-state index contributed by atoms with van der Waals surface area (Å²) in [6, 6.07) is 0. The molecule has 0 saturated carbocycles. The van der Waals surface area contributed by atoms with E-state index in [4.69, 9.17) is 5.11 Å². The Morgan fingerprint density at radius 2 is 2.47 bits per heavy atom. The molecule has 5 nitrogen and oxygen atoms in total. The summed E-state index contributed by atoms with van der Waals surface area (Å²) in [4.78, 5) is 28.1. The molecule has 1 N–H and O–H groups in total. The summed E-state index contributed by atoms with van der Waals surface area (Å²) in [5, 5.41) is 9.14. The molecule has 2 heterocycles. The van der Waals surface area contributed by atoms with E-state index in [1.165, 1.54) is 11.3 Å². The summed E-state index contributed by atoms with van der Waals surface area (Å²) < 4.78 is 0. The Morgan fingerprint density at radius 1 is 1.67 bits per heavy atom. The molecule has 1 aliphatic heterocycles. The average Bonchev–Trinajstić information content (AvgIpc) is 2.58. The summed E-state index contributed by atoms with van der Waals surface area (Å²) in [6.07, 6.45) is 1.47. The maximum absolute atomic E-state index is 10.5. The van der Waals surface area contributed by atoms with Crippen molar-refractivity contribution in [3.8, 4) is 0 Å². The van der Waals surface area contributed by atoms with Crippen molar-refractivity contribution in [3.05, 3.63) is 15.6 Å². The first-order valence-corrected chi connectivity index (χ1v) is 5.38. The van der Waals surface area contributed by atoms with E-state index in [1.807, 2.05) is 4.90 Å². The number of carboxylic acids is 1. The van der Waals surface area contributed by atoms with Gasteiger partial charge < -0.3 is 5.11 Å². The van der Waals surface area contributed by atoms with Crippen molar-refractivity contribution in [3.63, 3.8) is 0 Å². The normalized spacial score (nSPS) is 16.0. The number of aliphatic carboxylic acids is 1. The molecule has 2 rings (SSSR count). The van der Waals surface area contributed by atoms with Crippen LogP contribution in [-0.4, -0.2) is 40.3 Å². The van der Waals surface area contributed by atoms with Crippen LogP contribution in [0.5, 0.6) is 0 Å². The van der Waals surface area contributed by atoms with Crippen LogP contribution in [0, 0.1) is 0 Å². The van der Waals surface area contributed by atoms with Gasteiger partial charge in [-0.15, -0.1) is 11.3 Å². The monoisotopic (exact) mass is 226 g/mol. The van der Waals surface area contributed by atoms with Crippen LogP contribution in [-0.2, 0) is 17.8 Å². The van der Waals surface area contributed by atoms with Crippen LogP contribution in [0.4, 0.5) is 0 Å². The van der Waals surface area contributed by atoms with Crippen LogP contribution < -0.4 is 0 Å². The first-order chi connectivity index (χ1) is 7.19. The summed E-state index contributed by atoms with van der Waals surface area (Å²) in [7, 11) is 0. The Hall–Kier alpha value is -1.27. The van der Waals surface area contributed by atoms with Crippen LogP contribution in [0.2, 0.25) is 0 Å². The van der Waals surface area contributed by atoms with Crippen LogP contribution in [0.15, 0.2) is 0 Å². The number of aromatic nitrogens is 1. The highest BCUT2D eigenvalue weighted by molar-refractivity contribution is 7.13. The minimum absolute atomic E-state index is 0.0494. The Bertz CT molecular complexity index is 402. The number of hydrogen-bond donors (Lipinski definition) is 1. The molecule has 0 spiro atoms. The fourth-order valence-corrected chi connectivity index (χ4v) is 2.61. The van der Waals surface area contributed by atoms with Gasteiger partial charge in [-0.3, -0.25) is 14.5 Å². The second-order valence-electron chi connectivity index (χ2n) is 3.39. The summed E-state index contributed by atoms with van der Waals surface area (Å²) in [5.41, 5.74) is 0.948. The summed E-state index contributed by atoms with van der Waals surface area (Å²) in [6.45, 7) is 1.34. The number of hydrogen-bond acceptors (Lipinski definition) is 5. The number of carbonyl (C=O) groups is 2. The summed E-state index contributed by atoms with van der Waals surface area (Å²) >= 11 is 1.35. The molecule has 0 amide bonds. The van der Waals surface area contributed by atoms with Gasteiger partial charge in [0, 0.05) is 24.4 Å². The zero-order chi connectivity index (χ0) is 10.8. The molecule has 0 fully saturated rings. The van der Waals surface area contributed by atoms with Crippen molar-refractivity contribution in [2.75, 3.05) is 13.1 Å². The van der Waals surface area contributed by atoms with Gasteiger partial charge in [0.25, 0.3) is 0 Å². The number of carbonyl (C=O) groups excluding carboxylic acids is 1. The zero-order valence-corrected chi connectivity index (χ0v) is 8.79. The highest BCUT2D eigenvalue weighted by Gasteiger charge is 2.21. The van der Waals surface area contributed by atoms with Crippen LogP contribution in [0.25, 0.3) is 0 Å². The Balaban J connectivity index is 2.12. The van der Waals surface area contributed by atoms with E-state index in [2.05, 4.69) is 4.98 Å². The van der Waals surface area contributed by atoms with Gasteiger partial charge in [0.1, 0.15) is 0 Å². The van der Waals surface area contributed by atoms with Crippen molar-refractivity contribution in [1.82, 2.24) is 9.88 Å². The van der Waals surface area contributed by atoms with Gasteiger partial charge in [-0.1, -0.05) is 0 Å². The predicted molar refractivity (Wildman–Crippen MR) is 54.1 cm³/mol. The molecule has 1 aromatic heterocycles. The van der Waals surface area contributed by atoms with Gasteiger partial charge in [0.15, 0.2) is 11.3 Å². The third kappa shape index (κ3) is 2.21. The third-order valence-corrected chi connectivity index (χ3v) is 3.29. The predicted octanol–water partition coefficient (Wildman–Crippen LogP) is 0.398. The van der Waals surface area contributed by atoms with Crippen LogP contribution >= 0.6 is 11.3 Å². The minimum Gasteiger partial charge on any atom is -0.480 e. The van der Waals surface area contributed by atoms with Gasteiger partial charge in [0.05, 0.1) is 12.2 Å². The molecule has 80 valence electrons. The van der Waals surface area contributed by atoms with E-state index in [-0.39, 0.29) is 6.54 Å². The molecule has 0 aliphatic carbocycles. The molecule has 0 bridgehead atoms. The van der Waals surface area contributed by atoms with E-state index in [9.17, 15) is 9.59 Å². The highest BCUT2D eigenvalue weighted by Crippen LogP contribution is 2.23. The van der Waals surface area contributed by atoms with Gasteiger partial charge >= 0.3 is 5.97 Å². The lowest BCUT2D eigenvalue weighted by atomic mass is 10.2. The van der Waals surface area contributed by atoms with Crippen LogP contribution in [0.1, 0.15) is 20.4 Å². The molecular formula is C9H10N2O3S. The van der Waals surface area contributed by atoms with E-state index in [0.717, 1.165) is 23.3 Å². The number of rotatable bonds is 3. The lowest BCUT2D eigenvalue weighted by molar-refractivity contribution is -0.138. The highest BCUT2D eigenvalue weighted by atomic mass is 32.1. The Labute approximate surface area is 90.4 Å². The third-order valence-electron chi connectivity index (χ3n) is 2.29. The first kappa shape index (κ1) is 10.3. The number of carboxylic acid groups (broad SMARTS) is 1. The largest absolute Gasteiger partial charge is 0.480 e. The molecule has 0 unspecified atom stereocenters. The van der Waals surface area contributed by atoms with Crippen LogP contribution in [0.3, 0.4) is 0 Å². The number of aldehydes is 1. The molecule has 0 aromatic carbocycles. The standard InChI is InChI=1S/C9H10N2O3S/c12-5-8-10-6-1-2-11(4-9(13)14)3-7(6)15-8/h5H,1-4H2,(H,13,14). The molecule has 0 atom stereocenters. The number of fused-ring (bicyclic) bond motifs is 1. The van der Waals surface area contributed by atoms with Crippen molar-refractivity contribution < 1.29 is 14.7 Å². The van der Waals surface area contributed by atoms with E-state index in [1.54, 1.807) is 0 Å². The van der Waals surface area contributed by atoms with E-state index < -0.39 is 5.97 Å². The van der Waals surface area contributed by atoms with Gasteiger partial charge in [-0.2, -0.15) is 0 Å². The maximum atomic E-state index is 10.5. The second kappa shape index (κ2) is 4.08. The summed E-state index contributed by atoms with van der Waals surface area (Å²) in [5.74, 6) is -0.821. The molecule has 1 aromatic rings. The SMILES string of the molecule is O=Cc1nc2c(s1)CN(CC(=O)O)CC2. The molecule has 0 saturated heterocycles. The quantitative estimate of drug-likeness (QED) is 0.755. The molecule has 0 radical (unpaired) electrons. The zero-order valence-electron chi connectivity index (χ0n) is 7.97. The average molecular weight is 226 g/mol. The van der Waals surface area contributed by atoms with Crippen molar-refractivity contribution in [2.45, 2.75) is 13.0 Å². The second-order valence-corrected chi connectivity index (χ2v) is 4.51. The molecule has 1 aliphatic rings. The van der Waals surface area contributed by atoms with Crippen molar-refractivity contribution >= 4 is 23.6 Å². The van der Waals surface area contributed by atoms with Crippen molar-refractivity contribution in [2.24, 2.45) is 0 Å². The number of nitrogens with zero attached hydrogens (tertiary/aromatic N) is 2. The smallest absolute Gasteiger partial charge is 0.317 e. The molecule has 6 heteroatoms. The number of thiazole rings is 1. The lowest BCUT2D eigenvalue weighted by Crippen LogP contribution is -2.34.